The van der Waals surface area contributed by atoms with Crippen molar-refractivity contribution in [1.82, 2.24) is 4.98 Å². The maximum absolute atomic E-state index is 9.10. The number of nitrogens with zero attached hydrogens (tertiary/aromatic N) is 1. The molecule has 2 aromatic rings. The third kappa shape index (κ3) is 1.85. The first kappa shape index (κ1) is 10.1. The third-order valence-corrected chi connectivity index (χ3v) is 2.83. The van der Waals surface area contributed by atoms with E-state index in [0.717, 1.165) is 10.9 Å². The molecule has 0 radical (unpaired) electrons. The Balaban J connectivity index is 2.57. The van der Waals surface area contributed by atoms with Gasteiger partial charge < -0.3 is 5.11 Å². The molecule has 0 amide bonds. The van der Waals surface area contributed by atoms with E-state index in [1.807, 2.05) is 19.3 Å². The van der Waals surface area contributed by atoms with Crippen molar-refractivity contribution >= 4 is 10.8 Å². The Morgan fingerprint density at radius 3 is 2.87 bits per heavy atom. The van der Waals surface area contributed by atoms with Crippen molar-refractivity contribution in [1.29, 1.82) is 0 Å². The molecule has 1 atom stereocenters. The highest BCUT2D eigenvalue weighted by Gasteiger charge is 2.05. The van der Waals surface area contributed by atoms with E-state index in [1.54, 1.807) is 0 Å². The zero-order chi connectivity index (χ0) is 10.8. The number of hydrogen-bond donors (Lipinski definition) is 1. The molecule has 0 aliphatic heterocycles. The normalized spacial score (nSPS) is 13.0. The van der Waals surface area contributed by atoms with Gasteiger partial charge >= 0.3 is 0 Å². The van der Waals surface area contributed by atoms with Crippen molar-refractivity contribution in [2.24, 2.45) is 0 Å². The summed E-state index contributed by atoms with van der Waals surface area (Å²) in [6, 6.07) is 6.29. The third-order valence-electron chi connectivity index (χ3n) is 2.83. The van der Waals surface area contributed by atoms with E-state index >= 15 is 0 Å². The number of aliphatic hydroxyl groups is 1. The number of hydrogen-bond acceptors (Lipinski definition) is 2. The Labute approximate surface area is 89.6 Å². The second-order valence-corrected chi connectivity index (χ2v) is 4.02. The van der Waals surface area contributed by atoms with Crippen LogP contribution in [0.2, 0.25) is 0 Å². The minimum atomic E-state index is 0.185. The second-order valence-electron chi connectivity index (χ2n) is 4.02. The van der Waals surface area contributed by atoms with Crippen molar-refractivity contribution < 1.29 is 5.11 Å². The van der Waals surface area contributed by atoms with Gasteiger partial charge in [-0.2, -0.15) is 0 Å². The Bertz CT molecular complexity index is 479. The maximum atomic E-state index is 9.10. The Kier molecular flexibility index (Phi) is 2.69. The number of rotatable bonds is 2. The van der Waals surface area contributed by atoms with Crippen LogP contribution in [0.1, 0.15) is 24.0 Å². The first-order valence-corrected chi connectivity index (χ1v) is 5.17. The zero-order valence-electron chi connectivity index (χ0n) is 9.07. The molecule has 15 heavy (non-hydrogen) atoms. The summed E-state index contributed by atoms with van der Waals surface area (Å²) in [5.41, 5.74) is 2.35. The Hall–Kier alpha value is -1.41. The summed E-state index contributed by atoms with van der Waals surface area (Å²) in [7, 11) is 0. The van der Waals surface area contributed by atoms with Gasteiger partial charge in [0.15, 0.2) is 0 Å². The number of aryl methyl sites for hydroxylation is 1. The van der Waals surface area contributed by atoms with Crippen molar-refractivity contribution in [3.05, 3.63) is 41.7 Å². The number of aromatic nitrogens is 1. The molecule has 0 bridgehead atoms. The molecule has 1 N–H and O–H groups in total. The van der Waals surface area contributed by atoms with Gasteiger partial charge in [0.1, 0.15) is 0 Å². The molecular formula is C13H15NO. The highest BCUT2D eigenvalue weighted by Crippen LogP contribution is 2.22. The predicted octanol–water partition coefficient (Wildman–Crippen LogP) is 2.64. The van der Waals surface area contributed by atoms with E-state index in [9.17, 15) is 0 Å². The standard InChI is InChI=1S/C13H15NO/c1-9-6-14-7-12-5-11(10(2)8-15)3-4-13(9)12/h3-7,10,15H,8H2,1-2H3. The summed E-state index contributed by atoms with van der Waals surface area (Å²) in [5, 5.41) is 11.5. The number of fused-ring (bicyclic) bond motifs is 1. The molecular weight excluding hydrogens is 186 g/mol. The monoisotopic (exact) mass is 201 g/mol. The van der Waals surface area contributed by atoms with Crippen LogP contribution in [-0.4, -0.2) is 16.7 Å². The smallest absolute Gasteiger partial charge is 0.0497 e. The van der Waals surface area contributed by atoms with E-state index in [1.165, 1.54) is 10.9 Å². The molecule has 0 saturated heterocycles. The lowest BCUT2D eigenvalue weighted by Gasteiger charge is -2.09. The Morgan fingerprint density at radius 2 is 2.13 bits per heavy atom. The van der Waals surface area contributed by atoms with Gasteiger partial charge in [0, 0.05) is 30.3 Å². The molecule has 1 aromatic heterocycles. The fourth-order valence-electron chi connectivity index (χ4n) is 1.76. The van der Waals surface area contributed by atoms with Crippen LogP contribution in [0.25, 0.3) is 10.8 Å². The van der Waals surface area contributed by atoms with Gasteiger partial charge in [-0.25, -0.2) is 0 Å². The van der Waals surface area contributed by atoms with Crippen LogP contribution < -0.4 is 0 Å². The van der Waals surface area contributed by atoms with Crippen molar-refractivity contribution in [3.63, 3.8) is 0 Å². The highest BCUT2D eigenvalue weighted by molar-refractivity contribution is 5.85. The molecule has 0 aliphatic carbocycles. The van der Waals surface area contributed by atoms with Crippen LogP contribution >= 0.6 is 0 Å². The van der Waals surface area contributed by atoms with Gasteiger partial charge in [0.25, 0.3) is 0 Å². The zero-order valence-corrected chi connectivity index (χ0v) is 9.07. The van der Waals surface area contributed by atoms with Crippen LogP contribution in [0.5, 0.6) is 0 Å². The van der Waals surface area contributed by atoms with Gasteiger partial charge in [-0.15, -0.1) is 0 Å². The molecule has 1 aromatic carbocycles. The molecule has 0 spiro atoms. The largest absolute Gasteiger partial charge is 0.396 e. The summed E-state index contributed by atoms with van der Waals surface area (Å²) in [6.45, 7) is 4.26. The minimum absolute atomic E-state index is 0.185. The van der Waals surface area contributed by atoms with E-state index in [2.05, 4.69) is 30.1 Å². The topological polar surface area (TPSA) is 33.1 Å². The lowest BCUT2D eigenvalue weighted by molar-refractivity contribution is 0.273. The minimum Gasteiger partial charge on any atom is -0.396 e. The highest BCUT2D eigenvalue weighted by atomic mass is 16.3. The van der Waals surface area contributed by atoms with Crippen LogP contribution in [0.3, 0.4) is 0 Å². The van der Waals surface area contributed by atoms with E-state index < -0.39 is 0 Å². The summed E-state index contributed by atoms with van der Waals surface area (Å²) < 4.78 is 0. The molecule has 1 unspecified atom stereocenters. The lowest BCUT2D eigenvalue weighted by atomic mass is 9.98. The summed E-state index contributed by atoms with van der Waals surface area (Å²) >= 11 is 0. The molecule has 0 saturated carbocycles. The average Bonchev–Trinajstić information content (AvgIpc) is 2.28. The van der Waals surface area contributed by atoms with Crippen molar-refractivity contribution in [2.45, 2.75) is 19.8 Å². The quantitative estimate of drug-likeness (QED) is 0.810. The van der Waals surface area contributed by atoms with Crippen LogP contribution in [0.4, 0.5) is 0 Å². The summed E-state index contributed by atoms with van der Waals surface area (Å²) in [5.74, 6) is 0.190. The van der Waals surface area contributed by atoms with Crippen molar-refractivity contribution in [2.75, 3.05) is 6.61 Å². The SMILES string of the molecule is Cc1cncc2cc(C(C)CO)ccc12. The summed E-state index contributed by atoms with van der Waals surface area (Å²) in [4.78, 5) is 4.18. The van der Waals surface area contributed by atoms with Crippen LogP contribution in [-0.2, 0) is 0 Å². The van der Waals surface area contributed by atoms with E-state index in [0.29, 0.717) is 0 Å². The second kappa shape index (κ2) is 3.99. The van der Waals surface area contributed by atoms with Crippen LogP contribution in [0.15, 0.2) is 30.6 Å². The van der Waals surface area contributed by atoms with Crippen LogP contribution in [0, 0.1) is 6.92 Å². The number of aliphatic hydroxyl groups excluding tert-OH is 1. The fourth-order valence-corrected chi connectivity index (χ4v) is 1.76. The number of benzene rings is 1. The maximum Gasteiger partial charge on any atom is 0.0497 e. The first-order valence-electron chi connectivity index (χ1n) is 5.17. The van der Waals surface area contributed by atoms with Gasteiger partial charge in [-0.3, -0.25) is 4.98 Å². The van der Waals surface area contributed by atoms with Gasteiger partial charge in [-0.05, 0) is 29.5 Å². The average molecular weight is 201 g/mol. The molecule has 2 rings (SSSR count). The lowest BCUT2D eigenvalue weighted by Crippen LogP contribution is -1.98. The summed E-state index contributed by atoms with van der Waals surface area (Å²) in [6.07, 6.45) is 3.74. The van der Waals surface area contributed by atoms with E-state index in [4.69, 9.17) is 5.11 Å². The molecule has 2 heteroatoms. The van der Waals surface area contributed by atoms with Gasteiger partial charge in [0.2, 0.25) is 0 Å². The Morgan fingerprint density at radius 1 is 1.33 bits per heavy atom. The first-order chi connectivity index (χ1) is 7.22. The molecule has 0 aliphatic rings. The van der Waals surface area contributed by atoms with Gasteiger partial charge in [0.05, 0.1) is 0 Å². The predicted molar refractivity (Wildman–Crippen MR) is 62.0 cm³/mol. The molecule has 2 nitrogen and oxygen atoms in total. The molecule has 1 heterocycles. The molecule has 0 fully saturated rings. The van der Waals surface area contributed by atoms with Crippen molar-refractivity contribution in [3.8, 4) is 0 Å². The fraction of sp³-hybridized carbons (Fsp3) is 0.308. The van der Waals surface area contributed by atoms with E-state index in [-0.39, 0.29) is 12.5 Å². The number of pyridine rings is 1. The molecule has 78 valence electrons. The van der Waals surface area contributed by atoms with Gasteiger partial charge in [-0.1, -0.05) is 19.1 Å².